The first-order valence-electron chi connectivity index (χ1n) is 6.91. The van der Waals surface area contributed by atoms with Crippen LogP contribution in [-0.2, 0) is 20.6 Å². The molecule has 0 aliphatic rings. The van der Waals surface area contributed by atoms with Crippen molar-refractivity contribution in [1.29, 1.82) is 5.26 Å². The van der Waals surface area contributed by atoms with Crippen molar-refractivity contribution in [3.05, 3.63) is 59.7 Å². The number of benzene rings is 2. The van der Waals surface area contributed by atoms with Gasteiger partial charge in [0.15, 0.2) is 5.71 Å². The molecule has 0 saturated carbocycles. The van der Waals surface area contributed by atoms with Gasteiger partial charge in [-0.2, -0.15) is 26.9 Å². The largest absolute Gasteiger partial charge is 0.416 e. The van der Waals surface area contributed by atoms with Crippen LogP contribution in [0.2, 0.25) is 0 Å². The number of rotatable bonds is 5. The average Bonchev–Trinajstić information content (AvgIpc) is 2.62. The van der Waals surface area contributed by atoms with Crippen LogP contribution in [0.3, 0.4) is 0 Å². The Morgan fingerprint density at radius 3 is 2.38 bits per heavy atom. The summed E-state index contributed by atoms with van der Waals surface area (Å²) in [6.45, 7) is 0. The van der Waals surface area contributed by atoms with Crippen LogP contribution < -0.4 is 0 Å². The number of hydrogen-bond acceptors (Lipinski definition) is 6. The van der Waals surface area contributed by atoms with Crippen molar-refractivity contribution in [1.82, 2.24) is 0 Å². The number of alkyl halides is 3. The first-order chi connectivity index (χ1) is 12.2. The highest BCUT2D eigenvalue weighted by Gasteiger charge is 2.32. The molecule has 0 unspecified atom stereocenters. The van der Waals surface area contributed by atoms with E-state index in [1.165, 1.54) is 11.8 Å². The molecule has 0 N–H and O–H groups in total. The highest BCUT2D eigenvalue weighted by atomic mass is 32.2. The summed E-state index contributed by atoms with van der Waals surface area (Å²) < 4.78 is 66.6. The van der Waals surface area contributed by atoms with E-state index in [1.807, 2.05) is 6.26 Å². The topological polar surface area (TPSA) is 79.5 Å². The van der Waals surface area contributed by atoms with Crippen LogP contribution >= 0.6 is 11.8 Å². The Morgan fingerprint density at radius 2 is 1.85 bits per heavy atom. The Balaban J connectivity index is 2.30. The number of hydrogen-bond donors (Lipinski definition) is 0. The van der Waals surface area contributed by atoms with Crippen LogP contribution in [0, 0.1) is 11.3 Å². The van der Waals surface area contributed by atoms with E-state index in [9.17, 15) is 21.6 Å². The summed E-state index contributed by atoms with van der Waals surface area (Å²) in [6.07, 6.45) is -2.84. The lowest BCUT2D eigenvalue weighted by Gasteiger charge is -2.08. The maximum atomic E-state index is 12.7. The van der Waals surface area contributed by atoms with Gasteiger partial charge in [0.05, 0.1) is 5.56 Å². The summed E-state index contributed by atoms with van der Waals surface area (Å²) in [6, 6.07) is 11.2. The van der Waals surface area contributed by atoms with Crippen molar-refractivity contribution < 1.29 is 25.9 Å². The molecule has 0 bridgehead atoms. The van der Waals surface area contributed by atoms with E-state index in [4.69, 9.17) is 5.26 Å². The molecule has 0 aromatic heterocycles. The molecule has 5 nitrogen and oxygen atoms in total. The molecule has 2 aromatic rings. The van der Waals surface area contributed by atoms with Crippen molar-refractivity contribution in [2.45, 2.75) is 16.0 Å². The quantitative estimate of drug-likeness (QED) is 0.430. The predicted molar refractivity (Wildman–Crippen MR) is 90.1 cm³/mol. The molecule has 0 heterocycles. The van der Waals surface area contributed by atoms with E-state index in [2.05, 4.69) is 9.44 Å². The van der Waals surface area contributed by atoms with Gasteiger partial charge in [0.2, 0.25) is 0 Å². The number of thioether (sulfide) groups is 1. The van der Waals surface area contributed by atoms with Gasteiger partial charge in [-0.05, 0) is 36.6 Å². The molecule has 26 heavy (non-hydrogen) atoms. The second-order valence-corrected chi connectivity index (χ2v) is 7.24. The van der Waals surface area contributed by atoms with Gasteiger partial charge in [-0.15, -0.1) is 11.8 Å². The van der Waals surface area contributed by atoms with Crippen molar-refractivity contribution in [2.75, 3.05) is 6.26 Å². The SMILES string of the molecule is CSc1ccc(/C(C#N)=N/OS(=O)(=O)c2cccc(C(F)(F)F)c2)cc1. The molecule has 2 rings (SSSR count). The van der Waals surface area contributed by atoms with Crippen LogP contribution in [0.25, 0.3) is 0 Å². The molecule has 0 aliphatic carbocycles. The Hall–Kier alpha value is -2.51. The lowest BCUT2D eigenvalue weighted by atomic mass is 10.1. The van der Waals surface area contributed by atoms with Crippen LogP contribution in [0.5, 0.6) is 0 Å². The predicted octanol–water partition coefficient (Wildman–Crippen LogP) is 4.06. The number of nitriles is 1. The molecule has 0 atom stereocenters. The minimum absolute atomic E-state index is 0.310. The summed E-state index contributed by atoms with van der Waals surface area (Å²) >= 11 is 1.47. The van der Waals surface area contributed by atoms with Crippen molar-refractivity contribution in [3.8, 4) is 6.07 Å². The lowest BCUT2D eigenvalue weighted by molar-refractivity contribution is -0.137. The molecule has 10 heteroatoms. The third kappa shape index (κ3) is 4.77. The molecule has 0 fully saturated rings. The molecular weight excluding hydrogens is 389 g/mol. The Labute approximate surface area is 152 Å². The maximum absolute atomic E-state index is 12.7. The molecule has 136 valence electrons. The lowest BCUT2D eigenvalue weighted by Crippen LogP contribution is -2.09. The standard InChI is InChI=1S/C16H11F3N2O3S2/c1-25-13-7-5-11(6-8-13)15(10-20)21-24-26(22,23)14-4-2-3-12(9-14)16(17,18)19/h2-9H,1H3/b21-15+. The van der Waals surface area contributed by atoms with E-state index in [-0.39, 0.29) is 5.71 Å². The van der Waals surface area contributed by atoms with Gasteiger partial charge in [0.25, 0.3) is 0 Å². The van der Waals surface area contributed by atoms with Crippen LogP contribution in [0.1, 0.15) is 11.1 Å². The number of halogens is 3. The summed E-state index contributed by atoms with van der Waals surface area (Å²) in [7, 11) is -4.61. The van der Waals surface area contributed by atoms with Crippen LogP contribution in [0.4, 0.5) is 13.2 Å². The summed E-state index contributed by atoms with van der Waals surface area (Å²) in [4.78, 5) is 0.203. The normalized spacial score (nSPS) is 12.5. The number of oxime groups is 1. The summed E-state index contributed by atoms with van der Waals surface area (Å²) in [5.74, 6) is 0. The summed E-state index contributed by atoms with van der Waals surface area (Å²) in [5.41, 5.74) is -1.16. The van der Waals surface area contributed by atoms with Crippen LogP contribution in [0.15, 0.2) is 63.5 Å². The number of nitrogens with zero attached hydrogens (tertiary/aromatic N) is 2. The Kier molecular flexibility index (Phi) is 5.94. The Morgan fingerprint density at radius 1 is 1.19 bits per heavy atom. The zero-order valence-electron chi connectivity index (χ0n) is 13.2. The molecule has 0 amide bonds. The van der Waals surface area contributed by atoms with Crippen molar-refractivity contribution in [2.24, 2.45) is 5.16 Å². The highest BCUT2D eigenvalue weighted by molar-refractivity contribution is 7.98. The van der Waals surface area contributed by atoms with E-state index < -0.39 is 26.8 Å². The minimum Gasteiger partial charge on any atom is -0.263 e. The second-order valence-electron chi connectivity index (χ2n) is 4.83. The molecule has 0 aliphatic heterocycles. The minimum atomic E-state index is -4.70. The fourth-order valence-corrected chi connectivity index (χ4v) is 3.03. The zero-order chi connectivity index (χ0) is 19.4. The van der Waals surface area contributed by atoms with Gasteiger partial charge in [0.1, 0.15) is 11.0 Å². The van der Waals surface area contributed by atoms with Gasteiger partial charge in [-0.25, -0.2) is 0 Å². The van der Waals surface area contributed by atoms with Gasteiger partial charge < -0.3 is 0 Å². The van der Waals surface area contributed by atoms with E-state index in [1.54, 1.807) is 30.3 Å². The Bertz CT molecular complexity index is 963. The van der Waals surface area contributed by atoms with Gasteiger partial charge in [-0.1, -0.05) is 23.4 Å². The van der Waals surface area contributed by atoms with E-state index in [0.717, 1.165) is 23.1 Å². The van der Waals surface area contributed by atoms with Gasteiger partial charge in [0, 0.05) is 10.5 Å². The highest BCUT2D eigenvalue weighted by Crippen LogP contribution is 2.30. The second kappa shape index (κ2) is 7.80. The molecular formula is C16H11F3N2O3S2. The fraction of sp³-hybridized carbons (Fsp3) is 0.125. The fourth-order valence-electron chi connectivity index (χ4n) is 1.84. The molecule has 0 radical (unpaired) electrons. The summed E-state index contributed by atoms with van der Waals surface area (Å²) in [5, 5.41) is 12.4. The van der Waals surface area contributed by atoms with E-state index in [0.29, 0.717) is 11.6 Å². The molecule has 0 saturated heterocycles. The molecule has 0 spiro atoms. The molecule has 2 aromatic carbocycles. The van der Waals surface area contributed by atoms with Crippen molar-refractivity contribution in [3.63, 3.8) is 0 Å². The first kappa shape index (κ1) is 19.8. The van der Waals surface area contributed by atoms with Crippen LogP contribution in [-0.4, -0.2) is 20.4 Å². The average molecular weight is 400 g/mol. The third-order valence-corrected chi connectivity index (χ3v) is 4.99. The van der Waals surface area contributed by atoms with E-state index >= 15 is 0 Å². The van der Waals surface area contributed by atoms with Crippen molar-refractivity contribution >= 4 is 27.6 Å². The van der Waals surface area contributed by atoms with Gasteiger partial charge >= 0.3 is 16.3 Å². The smallest absolute Gasteiger partial charge is 0.263 e. The zero-order valence-corrected chi connectivity index (χ0v) is 14.8. The monoisotopic (exact) mass is 400 g/mol. The maximum Gasteiger partial charge on any atom is 0.416 e. The third-order valence-electron chi connectivity index (χ3n) is 3.15. The van der Waals surface area contributed by atoms with Gasteiger partial charge in [-0.3, -0.25) is 4.28 Å². The first-order valence-corrected chi connectivity index (χ1v) is 9.54.